The fraction of sp³-hybridized carbons (Fsp3) is 0.429. The molecule has 0 aliphatic rings. The maximum Gasteiger partial charge on any atom is 0.416 e. The quantitative estimate of drug-likeness (QED) is 0.459. The van der Waals surface area contributed by atoms with Gasteiger partial charge < -0.3 is 0 Å². The van der Waals surface area contributed by atoms with Gasteiger partial charge in [-0.15, -0.1) is 0 Å². The van der Waals surface area contributed by atoms with Gasteiger partial charge in [-0.3, -0.25) is 19.7 Å². The second-order valence-corrected chi connectivity index (χ2v) is 4.94. The van der Waals surface area contributed by atoms with Gasteiger partial charge in [-0.2, -0.15) is 13.2 Å². The van der Waals surface area contributed by atoms with Gasteiger partial charge in [0, 0.05) is 4.92 Å². The number of alkyl halides is 3. The molecule has 0 saturated heterocycles. The number of carbonyl (C=O) groups excluding carboxylic acids is 2. The summed E-state index contributed by atoms with van der Waals surface area (Å²) >= 11 is 0. The zero-order chi connectivity index (χ0) is 17.1. The van der Waals surface area contributed by atoms with Gasteiger partial charge in [0.25, 0.3) is 0 Å². The molecule has 0 saturated carbocycles. The van der Waals surface area contributed by atoms with Crippen LogP contribution in [0.4, 0.5) is 13.2 Å². The van der Waals surface area contributed by atoms with E-state index >= 15 is 0 Å². The van der Waals surface area contributed by atoms with Crippen LogP contribution in [0.3, 0.4) is 0 Å². The Morgan fingerprint density at radius 2 is 1.59 bits per heavy atom. The van der Waals surface area contributed by atoms with Crippen LogP contribution in [0.5, 0.6) is 0 Å². The summed E-state index contributed by atoms with van der Waals surface area (Å²) in [4.78, 5) is 33.2. The summed E-state index contributed by atoms with van der Waals surface area (Å²) in [6.45, 7) is 1.54. The number of hydrogen-bond acceptors (Lipinski definition) is 4. The molecule has 1 atom stereocenters. The number of hydrogen-bond donors (Lipinski definition) is 0. The van der Waals surface area contributed by atoms with E-state index in [0.717, 1.165) is 38.1 Å². The summed E-state index contributed by atoms with van der Waals surface area (Å²) < 4.78 is 37.6. The van der Waals surface area contributed by atoms with Crippen LogP contribution in [0, 0.1) is 16.0 Å². The first-order valence-electron chi connectivity index (χ1n) is 6.34. The van der Waals surface area contributed by atoms with Gasteiger partial charge in [-0.1, -0.05) is 12.1 Å². The molecule has 8 heteroatoms. The molecule has 0 radical (unpaired) electrons. The Hall–Kier alpha value is -2.25. The minimum atomic E-state index is -4.53. The summed E-state index contributed by atoms with van der Waals surface area (Å²) in [6, 6.07) is 3.69. The van der Waals surface area contributed by atoms with E-state index in [0.29, 0.717) is 0 Å². The topological polar surface area (TPSA) is 77.3 Å². The van der Waals surface area contributed by atoms with Crippen molar-refractivity contribution in [1.82, 2.24) is 0 Å². The summed E-state index contributed by atoms with van der Waals surface area (Å²) in [7, 11) is 0. The standard InChI is InChI=1S/C14H14F3NO4/c1-8(19)13(9(2)20)12(7-18(21)22)10-3-5-11(6-4-10)14(15,16)17/h3-6,12-13H,7H2,1-2H3/t12-/m0/s1. The van der Waals surface area contributed by atoms with Crippen LogP contribution in [0.15, 0.2) is 24.3 Å². The first-order valence-corrected chi connectivity index (χ1v) is 6.34. The average Bonchev–Trinajstić information content (AvgIpc) is 2.35. The van der Waals surface area contributed by atoms with Gasteiger partial charge in [0.05, 0.1) is 17.4 Å². The highest BCUT2D eigenvalue weighted by Gasteiger charge is 2.36. The van der Waals surface area contributed by atoms with E-state index < -0.39 is 46.6 Å². The van der Waals surface area contributed by atoms with Gasteiger partial charge in [0.15, 0.2) is 0 Å². The first kappa shape index (κ1) is 17.8. The van der Waals surface area contributed by atoms with Crippen molar-refractivity contribution < 1.29 is 27.7 Å². The lowest BCUT2D eigenvalue weighted by Crippen LogP contribution is -2.31. The van der Waals surface area contributed by atoms with Crippen molar-refractivity contribution in [2.24, 2.45) is 5.92 Å². The maximum atomic E-state index is 12.5. The number of benzene rings is 1. The molecule has 1 aromatic rings. The summed E-state index contributed by atoms with van der Waals surface area (Å²) in [5.41, 5.74) is -0.751. The molecule has 5 nitrogen and oxygen atoms in total. The number of ketones is 2. The van der Waals surface area contributed by atoms with Gasteiger partial charge >= 0.3 is 6.18 Å². The van der Waals surface area contributed by atoms with E-state index in [-0.39, 0.29) is 5.56 Å². The fourth-order valence-electron chi connectivity index (χ4n) is 2.34. The largest absolute Gasteiger partial charge is 0.416 e. The molecular formula is C14H14F3NO4. The Bertz CT molecular complexity index is 567. The smallest absolute Gasteiger partial charge is 0.299 e. The van der Waals surface area contributed by atoms with E-state index in [9.17, 15) is 32.9 Å². The Morgan fingerprint density at radius 1 is 1.14 bits per heavy atom. The zero-order valence-electron chi connectivity index (χ0n) is 11.9. The van der Waals surface area contributed by atoms with Gasteiger partial charge in [0.2, 0.25) is 6.54 Å². The lowest BCUT2D eigenvalue weighted by molar-refractivity contribution is -0.484. The molecule has 1 rings (SSSR count). The molecule has 0 aliphatic heterocycles. The van der Waals surface area contributed by atoms with Crippen LogP contribution in [-0.4, -0.2) is 23.0 Å². The van der Waals surface area contributed by atoms with E-state index in [2.05, 4.69) is 0 Å². The minimum Gasteiger partial charge on any atom is -0.299 e. The third-order valence-corrected chi connectivity index (χ3v) is 3.29. The predicted octanol–water partition coefficient (Wildman–Crippen LogP) is 2.86. The number of halogens is 3. The molecule has 0 fully saturated rings. The molecule has 0 bridgehead atoms. The predicted molar refractivity (Wildman–Crippen MR) is 70.9 cm³/mol. The van der Waals surface area contributed by atoms with Crippen LogP contribution >= 0.6 is 0 Å². The van der Waals surface area contributed by atoms with Crippen molar-refractivity contribution in [1.29, 1.82) is 0 Å². The van der Waals surface area contributed by atoms with Crippen molar-refractivity contribution >= 4 is 11.6 Å². The van der Waals surface area contributed by atoms with Crippen LogP contribution in [0.25, 0.3) is 0 Å². The molecule has 0 amide bonds. The third kappa shape index (κ3) is 4.37. The van der Waals surface area contributed by atoms with Gasteiger partial charge in [0.1, 0.15) is 11.6 Å². The molecule has 0 N–H and O–H groups in total. The SMILES string of the molecule is CC(=O)C(C(C)=O)[C@@H](C[N+](=O)[O-])c1ccc(C(F)(F)F)cc1. The molecule has 120 valence electrons. The molecule has 0 aliphatic carbocycles. The fourth-order valence-corrected chi connectivity index (χ4v) is 2.34. The Kier molecular flexibility index (Phi) is 5.40. The molecule has 0 aromatic heterocycles. The van der Waals surface area contributed by atoms with Crippen molar-refractivity contribution in [3.63, 3.8) is 0 Å². The van der Waals surface area contributed by atoms with E-state index in [4.69, 9.17) is 0 Å². The highest BCUT2D eigenvalue weighted by atomic mass is 19.4. The summed E-state index contributed by atoms with van der Waals surface area (Å²) in [5, 5.41) is 10.8. The molecular weight excluding hydrogens is 303 g/mol. The van der Waals surface area contributed by atoms with Crippen LogP contribution in [0.1, 0.15) is 30.9 Å². The number of Topliss-reactive ketones (excluding diaryl/α,β-unsaturated/α-hetero) is 2. The Labute approximate surface area is 124 Å². The van der Waals surface area contributed by atoms with Crippen molar-refractivity contribution in [2.75, 3.05) is 6.54 Å². The zero-order valence-corrected chi connectivity index (χ0v) is 11.9. The van der Waals surface area contributed by atoms with Gasteiger partial charge in [-0.05, 0) is 31.5 Å². The molecule has 0 heterocycles. The normalized spacial score (nSPS) is 13.0. The number of carbonyl (C=O) groups is 2. The summed E-state index contributed by atoms with van der Waals surface area (Å²) in [5.74, 6) is -3.45. The van der Waals surface area contributed by atoms with Crippen molar-refractivity contribution in [3.05, 3.63) is 45.5 Å². The first-order chi connectivity index (χ1) is 10.0. The highest BCUT2D eigenvalue weighted by molar-refractivity contribution is 6.01. The van der Waals surface area contributed by atoms with Crippen LogP contribution in [-0.2, 0) is 15.8 Å². The number of nitrogens with zero attached hydrogens (tertiary/aromatic N) is 1. The third-order valence-electron chi connectivity index (χ3n) is 3.29. The van der Waals surface area contributed by atoms with Crippen molar-refractivity contribution in [2.45, 2.75) is 25.9 Å². The lowest BCUT2D eigenvalue weighted by atomic mass is 9.81. The maximum absolute atomic E-state index is 12.5. The van der Waals surface area contributed by atoms with Gasteiger partial charge in [-0.25, -0.2) is 0 Å². The molecule has 22 heavy (non-hydrogen) atoms. The van der Waals surface area contributed by atoms with Crippen LogP contribution < -0.4 is 0 Å². The van der Waals surface area contributed by atoms with E-state index in [1.165, 1.54) is 0 Å². The number of nitro groups is 1. The second-order valence-electron chi connectivity index (χ2n) is 4.94. The monoisotopic (exact) mass is 317 g/mol. The highest BCUT2D eigenvalue weighted by Crippen LogP contribution is 2.32. The Morgan fingerprint density at radius 3 is 1.91 bits per heavy atom. The molecule has 0 unspecified atom stereocenters. The Balaban J connectivity index is 3.25. The minimum absolute atomic E-state index is 0.153. The summed E-state index contributed by atoms with van der Waals surface area (Å²) in [6.07, 6.45) is -4.53. The van der Waals surface area contributed by atoms with E-state index in [1.807, 2.05) is 0 Å². The second kappa shape index (κ2) is 6.67. The average molecular weight is 317 g/mol. The lowest BCUT2D eigenvalue weighted by Gasteiger charge is -2.20. The van der Waals surface area contributed by atoms with Crippen LogP contribution in [0.2, 0.25) is 0 Å². The van der Waals surface area contributed by atoms with Crippen molar-refractivity contribution in [3.8, 4) is 0 Å². The molecule has 0 spiro atoms. The number of rotatable bonds is 6. The van der Waals surface area contributed by atoms with E-state index in [1.54, 1.807) is 0 Å². The molecule has 1 aromatic carbocycles.